The van der Waals surface area contributed by atoms with E-state index < -0.39 is 6.61 Å². The van der Waals surface area contributed by atoms with Crippen molar-refractivity contribution in [2.75, 3.05) is 0 Å². The van der Waals surface area contributed by atoms with Gasteiger partial charge in [-0.3, -0.25) is 9.59 Å². The number of halogens is 2. The molecule has 4 nitrogen and oxygen atoms in total. The molecule has 1 aliphatic rings. The molecular formula is C28H34F2O4. The van der Waals surface area contributed by atoms with E-state index in [1.54, 1.807) is 24.3 Å². The van der Waals surface area contributed by atoms with Gasteiger partial charge in [-0.15, -0.1) is 0 Å². The molecule has 0 aliphatic heterocycles. The minimum atomic E-state index is -3.00. The van der Waals surface area contributed by atoms with Crippen LogP contribution in [0.1, 0.15) is 87.9 Å². The van der Waals surface area contributed by atoms with Gasteiger partial charge in [0.25, 0.3) is 0 Å². The van der Waals surface area contributed by atoms with Crippen molar-refractivity contribution in [3.05, 3.63) is 48.0 Å². The van der Waals surface area contributed by atoms with Gasteiger partial charge in [-0.2, -0.15) is 8.78 Å². The van der Waals surface area contributed by atoms with E-state index in [9.17, 15) is 18.4 Å². The molecule has 0 unspecified atom stereocenters. The fourth-order valence-electron chi connectivity index (χ4n) is 4.53. The van der Waals surface area contributed by atoms with Crippen molar-refractivity contribution in [3.8, 4) is 22.6 Å². The summed E-state index contributed by atoms with van der Waals surface area (Å²) < 4.78 is 36.2. The first-order valence-electron chi connectivity index (χ1n) is 12.4. The first kappa shape index (κ1) is 25.9. The first-order chi connectivity index (χ1) is 16.5. The Kier molecular flexibility index (Phi) is 10.0. The summed E-state index contributed by atoms with van der Waals surface area (Å²) in [6, 6.07) is 11.2. The van der Waals surface area contributed by atoms with E-state index in [1.165, 1.54) is 50.3 Å². The van der Waals surface area contributed by atoms with E-state index in [1.807, 2.05) is 6.92 Å². The number of carbonyl (C=O) groups is 2. The standard InChI is InChI=1S/C28H34F2O4/c1-2-3-14-25(31)22-13-8-12-21(18-22)24-19-23(16-17-26(24)34-28(29)30)33-27(32)15-7-11-20-9-5-4-6-10-20/h8,12-13,16-20,28H,2-7,9-11,14-15H2,1H3. The van der Waals surface area contributed by atoms with Crippen LogP contribution < -0.4 is 9.47 Å². The zero-order valence-corrected chi connectivity index (χ0v) is 19.9. The van der Waals surface area contributed by atoms with Crippen LogP contribution in [0.2, 0.25) is 0 Å². The molecule has 1 aliphatic carbocycles. The molecule has 0 aromatic heterocycles. The molecule has 2 aromatic carbocycles. The second-order valence-corrected chi connectivity index (χ2v) is 9.01. The third-order valence-corrected chi connectivity index (χ3v) is 6.37. The number of hydrogen-bond donors (Lipinski definition) is 0. The lowest BCUT2D eigenvalue weighted by atomic mass is 9.86. The number of hydrogen-bond acceptors (Lipinski definition) is 4. The zero-order chi connectivity index (χ0) is 24.3. The molecule has 0 atom stereocenters. The number of Topliss-reactive ketones (excluding diaryl/α,β-unsaturated/α-hetero) is 1. The highest BCUT2D eigenvalue weighted by atomic mass is 19.3. The van der Waals surface area contributed by atoms with E-state index in [4.69, 9.17) is 9.47 Å². The van der Waals surface area contributed by atoms with Crippen molar-refractivity contribution in [1.29, 1.82) is 0 Å². The Morgan fingerprint density at radius 2 is 1.79 bits per heavy atom. The van der Waals surface area contributed by atoms with Crippen LogP contribution in [-0.4, -0.2) is 18.4 Å². The summed E-state index contributed by atoms with van der Waals surface area (Å²) in [4.78, 5) is 24.8. The van der Waals surface area contributed by atoms with Gasteiger partial charge in [0.05, 0.1) is 0 Å². The summed E-state index contributed by atoms with van der Waals surface area (Å²) in [6.07, 6.45) is 10.6. The maximum Gasteiger partial charge on any atom is 0.387 e. The minimum Gasteiger partial charge on any atom is -0.434 e. The number of rotatable bonds is 12. The molecule has 0 bridgehead atoms. The first-order valence-corrected chi connectivity index (χ1v) is 12.4. The van der Waals surface area contributed by atoms with Crippen molar-refractivity contribution in [2.24, 2.45) is 5.92 Å². The summed E-state index contributed by atoms with van der Waals surface area (Å²) >= 11 is 0. The molecule has 0 spiro atoms. The minimum absolute atomic E-state index is 0.000533. The summed E-state index contributed by atoms with van der Waals surface area (Å²) in [5.41, 5.74) is 1.41. The monoisotopic (exact) mass is 472 g/mol. The lowest BCUT2D eigenvalue weighted by Crippen LogP contribution is -2.11. The third-order valence-electron chi connectivity index (χ3n) is 6.37. The Labute approximate surface area is 200 Å². The molecule has 34 heavy (non-hydrogen) atoms. The van der Waals surface area contributed by atoms with Crippen LogP contribution in [0.4, 0.5) is 8.78 Å². The average molecular weight is 473 g/mol. The van der Waals surface area contributed by atoms with Crippen molar-refractivity contribution in [1.82, 2.24) is 0 Å². The normalized spacial score (nSPS) is 14.2. The van der Waals surface area contributed by atoms with Crippen molar-refractivity contribution in [3.63, 3.8) is 0 Å². The maximum absolute atomic E-state index is 13.0. The Balaban J connectivity index is 1.72. The van der Waals surface area contributed by atoms with Crippen LogP contribution in [0.3, 0.4) is 0 Å². The molecule has 0 saturated heterocycles. The molecule has 2 aromatic rings. The predicted octanol–water partition coefficient (Wildman–Crippen LogP) is 7.98. The van der Waals surface area contributed by atoms with Gasteiger partial charge in [0.15, 0.2) is 5.78 Å². The second kappa shape index (κ2) is 13.2. The van der Waals surface area contributed by atoms with E-state index in [0.29, 0.717) is 35.4 Å². The van der Waals surface area contributed by atoms with Crippen LogP contribution in [0.25, 0.3) is 11.1 Å². The molecule has 0 heterocycles. The zero-order valence-electron chi connectivity index (χ0n) is 19.9. The molecule has 6 heteroatoms. The SMILES string of the molecule is CCCCC(=O)c1cccc(-c2cc(OC(=O)CCCC3CCCCC3)ccc2OC(F)F)c1. The van der Waals surface area contributed by atoms with Gasteiger partial charge in [-0.25, -0.2) is 0 Å². The fourth-order valence-corrected chi connectivity index (χ4v) is 4.53. The number of ether oxygens (including phenoxy) is 2. The van der Waals surface area contributed by atoms with Crippen LogP contribution in [-0.2, 0) is 4.79 Å². The number of alkyl halides is 2. The van der Waals surface area contributed by atoms with E-state index in [2.05, 4.69) is 0 Å². The molecule has 3 rings (SSSR count). The largest absolute Gasteiger partial charge is 0.434 e. The maximum atomic E-state index is 13.0. The number of benzene rings is 2. The Bertz CT molecular complexity index is 951. The molecule has 184 valence electrons. The van der Waals surface area contributed by atoms with E-state index in [0.717, 1.165) is 25.7 Å². The van der Waals surface area contributed by atoms with Crippen LogP contribution in [0, 0.1) is 5.92 Å². The van der Waals surface area contributed by atoms with Crippen LogP contribution in [0.15, 0.2) is 42.5 Å². The number of esters is 1. The summed E-state index contributed by atoms with van der Waals surface area (Å²) in [5.74, 6) is 0.590. The van der Waals surface area contributed by atoms with Gasteiger partial charge < -0.3 is 9.47 Å². The molecule has 1 saturated carbocycles. The Morgan fingerprint density at radius 1 is 1.00 bits per heavy atom. The molecular weight excluding hydrogens is 438 g/mol. The highest BCUT2D eigenvalue weighted by Gasteiger charge is 2.17. The highest BCUT2D eigenvalue weighted by Crippen LogP contribution is 2.35. The highest BCUT2D eigenvalue weighted by molar-refractivity contribution is 5.97. The molecule has 0 radical (unpaired) electrons. The Morgan fingerprint density at radius 3 is 2.53 bits per heavy atom. The van der Waals surface area contributed by atoms with Gasteiger partial charge >= 0.3 is 12.6 Å². The van der Waals surface area contributed by atoms with Gasteiger partial charge in [0.1, 0.15) is 11.5 Å². The molecule has 1 fully saturated rings. The fraction of sp³-hybridized carbons (Fsp3) is 0.500. The van der Waals surface area contributed by atoms with Crippen molar-refractivity contribution >= 4 is 11.8 Å². The second-order valence-electron chi connectivity index (χ2n) is 9.01. The smallest absolute Gasteiger partial charge is 0.387 e. The number of carbonyl (C=O) groups excluding carboxylic acids is 2. The van der Waals surface area contributed by atoms with Gasteiger partial charge in [0.2, 0.25) is 0 Å². The van der Waals surface area contributed by atoms with E-state index in [-0.39, 0.29) is 23.3 Å². The predicted molar refractivity (Wildman–Crippen MR) is 128 cm³/mol. The lowest BCUT2D eigenvalue weighted by molar-refractivity contribution is -0.134. The van der Waals surface area contributed by atoms with Gasteiger partial charge in [0, 0.05) is 24.0 Å². The number of ketones is 1. The quantitative estimate of drug-likeness (QED) is 0.178. The summed E-state index contributed by atoms with van der Waals surface area (Å²) in [6.45, 7) is -0.984. The topological polar surface area (TPSA) is 52.6 Å². The van der Waals surface area contributed by atoms with E-state index >= 15 is 0 Å². The van der Waals surface area contributed by atoms with Crippen molar-refractivity contribution in [2.45, 2.75) is 84.2 Å². The molecule has 0 amide bonds. The van der Waals surface area contributed by atoms with Crippen LogP contribution >= 0.6 is 0 Å². The van der Waals surface area contributed by atoms with Crippen LogP contribution in [0.5, 0.6) is 11.5 Å². The summed E-state index contributed by atoms with van der Waals surface area (Å²) in [5, 5.41) is 0. The summed E-state index contributed by atoms with van der Waals surface area (Å²) in [7, 11) is 0. The van der Waals surface area contributed by atoms with Gasteiger partial charge in [-0.05, 0) is 55.0 Å². The third kappa shape index (κ3) is 7.93. The average Bonchev–Trinajstić information content (AvgIpc) is 2.84. The van der Waals surface area contributed by atoms with Gasteiger partial charge in [-0.1, -0.05) is 63.6 Å². The molecule has 0 N–H and O–H groups in total. The number of unbranched alkanes of at least 4 members (excludes halogenated alkanes) is 1. The lowest BCUT2D eigenvalue weighted by Gasteiger charge is -2.21. The van der Waals surface area contributed by atoms with Crippen molar-refractivity contribution < 1.29 is 27.8 Å². The Hall–Kier alpha value is -2.76.